The summed E-state index contributed by atoms with van der Waals surface area (Å²) in [5.74, 6) is -1.51. The Kier molecular flexibility index (Phi) is 4.16. The van der Waals surface area contributed by atoms with Crippen LogP contribution in [-0.2, 0) is 9.59 Å². The van der Waals surface area contributed by atoms with Crippen molar-refractivity contribution in [2.24, 2.45) is 0 Å². The highest BCUT2D eigenvalue weighted by Crippen LogP contribution is 2.38. The minimum atomic E-state index is -0.685. The Morgan fingerprint density at radius 3 is 2.21 bits per heavy atom. The Labute approximate surface area is 145 Å². The van der Waals surface area contributed by atoms with Crippen molar-refractivity contribution in [1.82, 2.24) is 4.90 Å². The molecular formula is C19H16ClNO3. The molecular weight excluding hydrogens is 326 g/mol. The number of Topliss-reactive ketones (excluding diaryl/α,β-unsaturated/α-hetero) is 1. The topological polar surface area (TPSA) is 57.6 Å². The lowest BCUT2D eigenvalue weighted by Gasteiger charge is -2.21. The molecule has 1 amide bonds. The van der Waals surface area contributed by atoms with Gasteiger partial charge in [-0.15, -0.1) is 0 Å². The number of likely N-dealkylation sites (tertiary alicyclic amines) is 1. The summed E-state index contributed by atoms with van der Waals surface area (Å²) >= 11 is 5.86. The predicted molar refractivity (Wildman–Crippen MR) is 92.7 cm³/mol. The van der Waals surface area contributed by atoms with E-state index in [1.54, 1.807) is 31.3 Å². The van der Waals surface area contributed by atoms with E-state index in [9.17, 15) is 14.7 Å². The molecule has 1 unspecified atom stereocenters. The number of aliphatic hydroxyl groups is 1. The number of rotatable bonds is 2. The van der Waals surface area contributed by atoms with Crippen LogP contribution >= 0.6 is 11.6 Å². The minimum absolute atomic E-state index is 0.0914. The summed E-state index contributed by atoms with van der Waals surface area (Å²) in [5, 5.41) is 11.2. The quantitative estimate of drug-likeness (QED) is 0.515. The van der Waals surface area contributed by atoms with E-state index in [2.05, 4.69) is 0 Å². The molecule has 3 rings (SSSR count). The molecule has 0 saturated carbocycles. The first-order valence-electron chi connectivity index (χ1n) is 7.47. The van der Waals surface area contributed by atoms with Crippen LogP contribution in [0.5, 0.6) is 0 Å². The Bertz CT molecular complexity index is 838. The highest BCUT2D eigenvalue weighted by molar-refractivity contribution is 6.46. The molecule has 0 aromatic heterocycles. The summed E-state index contributed by atoms with van der Waals surface area (Å²) in [7, 11) is 1.56. The third-order valence-electron chi connectivity index (χ3n) is 4.19. The molecule has 1 saturated heterocycles. The first kappa shape index (κ1) is 16.3. The van der Waals surface area contributed by atoms with Crippen LogP contribution in [0, 0.1) is 6.92 Å². The second kappa shape index (κ2) is 6.13. The number of nitrogens with zero attached hydrogens (tertiary/aromatic N) is 1. The van der Waals surface area contributed by atoms with Crippen molar-refractivity contribution in [3.05, 3.63) is 75.8 Å². The van der Waals surface area contributed by atoms with Crippen molar-refractivity contribution < 1.29 is 14.7 Å². The zero-order valence-corrected chi connectivity index (χ0v) is 14.0. The van der Waals surface area contributed by atoms with Crippen molar-refractivity contribution in [2.45, 2.75) is 13.0 Å². The van der Waals surface area contributed by atoms with Gasteiger partial charge in [-0.05, 0) is 36.8 Å². The molecule has 0 radical (unpaired) electrons. The molecule has 0 aliphatic carbocycles. The number of hydrogen-bond donors (Lipinski definition) is 1. The van der Waals surface area contributed by atoms with Gasteiger partial charge >= 0.3 is 0 Å². The van der Waals surface area contributed by atoms with Gasteiger partial charge in [0, 0.05) is 17.6 Å². The van der Waals surface area contributed by atoms with Crippen molar-refractivity contribution in [3.63, 3.8) is 0 Å². The fourth-order valence-electron chi connectivity index (χ4n) is 2.85. The van der Waals surface area contributed by atoms with Gasteiger partial charge in [0.15, 0.2) is 0 Å². The van der Waals surface area contributed by atoms with Crippen LogP contribution in [0.4, 0.5) is 0 Å². The first-order valence-corrected chi connectivity index (χ1v) is 7.85. The van der Waals surface area contributed by atoms with Gasteiger partial charge in [0.05, 0.1) is 11.6 Å². The fraction of sp³-hybridized carbons (Fsp3) is 0.158. The third-order valence-corrected chi connectivity index (χ3v) is 4.44. The summed E-state index contributed by atoms with van der Waals surface area (Å²) in [6.07, 6.45) is 0. The normalized spacial score (nSPS) is 19.8. The standard InChI is InChI=1S/C19H16ClNO3/c1-11-3-5-12(6-4-11)16-15(18(23)19(24)21(16)2)17(22)13-7-9-14(20)10-8-13/h3-10,16,22H,1-2H3. The molecule has 1 heterocycles. The SMILES string of the molecule is Cc1ccc(C2C(=C(O)c3ccc(Cl)cc3)C(=O)C(=O)N2C)cc1. The highest BCUT2D eigenvalue weighted by Gasteiger charge is 2.44. The van der Waals surface area contributed by atoms with Crippen molar-refractivity contribution in [3.8, 4) is 0 Å². The molecule has 0 spiro atoms. The molecule has 2 aromatic rings. The lowest BCUT2D eigenvalue weighted by molar-refractivity contribution is -0.139. The van der Waals surface area contributed by atoms with E-state index in [1.165, 1.54) is 4.90 Å². The first-order chi connectivity index (χ1) is 11.4. The molecule has 4 nitrogen and oxygen atoms in total. The Balaban J connectivity index is 2.16. The maximum atomic E-state index is 12.4. The van der Waals surface area contributed by atoms with Gasteiger partial charge in [-0.1, -0.05) is 41.4 Å². The van der Waals surface area contributed by atoms with E-state index < -0.39 is 17.7 Å². The fourth-order valence-corrected chi connectivity index (χ4v) is 2.98. The molecule has 24 heavy (non-hydrogen) atoms. The van der Waals surface area contributed by atoms with Crippen molar-refractivity contribution in [1.29, 1.82) is 0 Å². The summed E-state index contributed by atoms with van der Waals surface area (Å²) in [5.41, 5.74) is 2.39. The maximum absolute atomic E-state index is 12.4. The van der Waals surface area contributed by atoms with E-state index in [0.717, 1.165) is 11.1 Å². The predicted octanol–water partition coefficient (Wildman–Crippen LogP) is 3.70. The van der Waals surface area contributed by atoms with Crippen LogP contribution in [0.1, 0.15) is 22.7 Å². The second-order valence-electron chi connectivity index (χ2n) is 5.83. The van der Waals surface area contributed by atoms with Crippen LogP contribution in [-0.4, -0.2) is 28.7 Å². The summed E-state index contributed by atoms with van der Waals surface area (Å²) < 4.78 is 0. The number of aliphatic hydroxyl groups excluding tert-OH is 1. The van der Waals surface area contributed by atoms with Gasteiger partial charge in [-0.3, -0.25) is 9.59 Å². The molecule has 1 N–H and O–H groups in total. The maximum Gasteiger partial charge on any atom is 0.295 e. The zero-order chi connectivity index (χ0) is 17.4. The summed E-state index contributed by atoms with van der Waals surface area (Å²) in [4.78, 5) is 25.9. The summed E-state index contributed by atoms with van der Waals surface area (Å²) in [6.45, 7) is 1.96. The molecule has 0 bridgehead atoms. The lowest BCUT2D eigenvalue weighted by Crippen LogP contribution is -2.24. The number of benzene rings is 2. The molecule has 122 valence electrons. The zero-order valence-electron chi connectivity index (χ0n) is 13.3. The smallest absolute Gasteiger partial charge is 0.295 e. The molecule has 5 heteroatoms. The van der Waals surface area contributed by atoms with Crippen LogP contribution in [0.25, 0.3) is 5.76 Å². The Hall–Kier alpha value is -2.59. The average molecular weight is 342 g/mol. The van der Waals surface area contributed by atoms with Crippen molar-refractivity contribution in [2.75, 3.05) is 7.05 Å². The Morgan fingerprint density at radius 1 is 1.04 bits per heavy atom. The van der Waals surface area contributed by atoms with E-state index in [-0.39, 0.29) is 11.3 Å². The average Bonchev–Trinajstić information content (AvgIpc) is 2.80. The summed E-state index contributed by atoms with van der Waals surface area (Å²) in [6, 6.07) is 13.4. The van der Waals surface area contributed by atoms with Gasteiger partial charge in [0.1, 0.15) is 5.76 Å². The van der Waals surface area contributed by atoms with E-state index in [4.69, 9.17) is 11.6 Å². The number of halogens is 1. The van der Waals surface area contributed by atoms with Gasteiger partial charge in [-0.25, -0.2) is 0 Å². The van der Waals surface area contributed by atoms with Gasteiger partial charge in [0.2, 0.25) is 0 Å². The molecule has 1 atom stereocenters. The Morgan fingerprint density at radius 2 is 1.62 bits per heavy atom. The number of carbonyl (C=O) groups excluding carboxylic acids is 2. The van der Waals surface area contributed by atoms with E-state index in [1.807, 2.05) is 31.2 Å². The number of aryl methyl sites for hydroxylation is 1. The monoisotopic (exact) mass is 341 g/mol. The molecule has 1 fully saturated rings. The van der Waals surface area contributed by atoms with Gasteiger partial charge in [0.25, 0.3) is 11.7 Å². The van der Waals surface area contributed by atoms with Crippen LogP contribution in [0.3, 0.4) is 0 Å². The second-order valence-corrected chi connectivity index (χ2v) is 6.26. The number of ketones is 1. The third kappa shape index (κ3) is 2.69. The van der Waals surface area contributed by atoms with Crippen LogP contribution in [0.15, 0.2) is 54.1 Å². The number of amides is 1. The van der Waals surface area contributed by atoms with Crippen molar-refractivity contribution >= 4 is 29.1 Å². The molecule has 2 aromatic carbocycles. The lowest BCUT2D eigenvalue weighted by atomic mass is 9.95. The number of likely N-dealkylation sites (N-methyl/N-ethyl adjacent to an activating group) is 1. The van der Waals surface area contributed by atoms with E-state index >= 15 is 0 Å². The highest BCUT2D eigenvalue weighted by atomic mass is 35.5. The molecule has 1 aliphatic rings. The number of carbonyl (C=O) groups is 2. The van der Waals surface area contributed by atoms with Gasteiger partial charge < -0.3 is 10.0 Å². The van der Waals surface area contributed by atoms with Crippen LogP contribution in [0.2, 0.25) is 5.02 Å². The van der Waals surface area contributed by atoms with E-state index in [0.29, 0.717) is 10.6 Å². The van der Waals surface area contributed by atoms with Crippen LogP contribution < -0.4 is 0 Å². The largest absolute Gasteiger partial charge is 0.507 e. The molecule has 1 aliphatic heterocycles. The number of hydrogen-bond acceptors (Lipinski definition) is 3. The minimum Gasteiger partial charge on any atom is -0.507 e. The van der Waals surface area contributed by atoms with Gasteiger partial charge in [-0.2, -0.15) is 0 Å².